The molecule has 1 aromatic carbocycles. The van der Waals surface area contributed by atoms with Gasteiger partial charge in [0.05, 0.1) is 38.8 Å². The third-order valence-corrected chi connectivity index (χ3v) is 4.20. The minimum Gasteiger partial charge on any atom is -0.256 e. The van der Waals surface area contributed by atoms with Crippen molar-refractivity contribution >= 4 is 34.8 Å². The number of pyridine rings is 1. The second-order valence-corrected chi connectivity index (χ2v) is 5.40. The summed E-state index contributed by atoms with van der Waals surface area (Å²) in [4.78, 5) is 3.94. The van der Waals surface area contributed by atoms with Gasteiger partial charge in [0.2, 0.25) is 0 Å². The summed E-state index contributed by atoms with van der Waals surface area (Å²) in [5, 5.41) is 9.00. The quantitative estimate of drug-likeness (QED) is 0.631. The van der Waals surface area contributed by atoms with Crippen LogP contribution in [0.25, 0.3) is 11.3 Å². The number of benzene rings is 1. The summed E-state index contributed by atoms with van der Waals surface area (Å²) in [5.41, 5.74) is -1.04. The Hall–Kier alpha value is -1.48. The zero-order valence-electron chi connectivity index (χ0n) is 10.7. The van der Waals surface area contributed by atoms with Crippen LogP contribution in [0.2, 0.25) is 15.1 Å². The van der Waals surface area contributed by atoms with Gasteiger partial charge in [-0.05, 0) is 18.2 Å². The zero-order chi connectivity index (χ0) is 16.5. The van der Waals surface area contributed by atoms with Crippen molar-refractivity contribution in [2.24, 2.45) is 0 Å². The van der Waals surface area contributed by atoms with Crippen molar-refractivity contribution in [2.75, 3.05) is 0 Å². The molecule has 1 heterocycles. The Bertz CT molecular complexity index is 767. The lowest BCUT2D eigenvalue weighted by Crippen LogP contribution is -2.11. The van der Waals surface area contributed by atoms with Crippen LogP contribution in [0.5, 0.6) is 0 Å². The molecule has 0 fully saturated rings. The number of alkyl halides is 3. The topological polar surface area (TPSA) is 36.7 Å². The molecule has 0 unspecified atom stereocenters. The van der Waals surface area contributed by atoms with E-state index in [2.05, 4.69) is 4.98 Å². The summed E-state index contributed by atoms with van der Waals surface area (Å²) in [7, 11) is 0. The molecular formula is C14H6Cl3F3N2. The lowest BCUT2D eigenvalue weighted by atomic mass is 9.98. The molecule has 0 saturated carbocycles. The zero-order valence-corrected chi connectivity index (χ0v) is 12.9. The van der Waals surface area contributed by atoms with Crippen LogP contribution >= 0.6 is 34.8 Å². The summed E-state index contributed by atoms with van der Waals surface area (Å²) >= 11 is 17.8. The standard InChI is InChI=1S/C14H6Cl3F3N2/c15-10-2-1-8(11(16)12(10)17)13-7(3-5-21)9(4-6-22-13)14(18,19)20/h1-2,4,6H,3H2. The Balaban J connectivity index is 2.77. The maximum atomic E-state index is 13.1. The molecule has 0 atom stereocenters. The van der Waals surface area contributed by atoms with Gasteiger partial charge in [0.25, 0.3) is 0 Å². The fourth-order valence-electron chi connectivity index (χ4n) is 1.96. The van der Waals surface area contributed by atoms with Gasteiger partial charge in [0.1, 0.15) is 0 Å². The second kappa shape index (κ2) is 6.33. The van der Waals surface area contributed by atoms with Gasteiger partial charge in [-0.25, -0.2) is 0 Å². The van der Waals surface area contributed by atoms with E-state index in [1.165, 1.54) is 12.1 Å². The van der Waals surface area contributed by atoms with Crippen molar-refractivity contribution in [1.82, 2.24) is 4.98 Å². The van der Waals surface area contributed by atoms with Crippen molar-refractivity contribution < 1.29 is 13.2 Å². The Morgan fingerprint density at radius 2 is 1.77 bits per heavy atom. The van der Waals surface area contributed by atoms with Gasteiger partial charge in [0, 0.05) is 17.3 Å². The van der Waals surface area contributed by atoms with Crippen LogP contribution in [0.1, 0.15) is 11.1 Å². The number of nitrogens with zero attached hydrogens (tertiary/aromatic N) is 2. The predicted molar refractivity (Wildman–Crippen MR) is 79.0 cm³/mol. The number of hydrogen-bond acceptors (Lipinski definition) is 2. The van der Waals surface area contributed by atoms with Crippen molar-refractivity contribution in [3.8, 4) is 17.3 Å². The minimum absolute atomic E-state index is 0.0137. The fraction of sp³-hybridized carbons (Fsp3) is 0.143. The molecule has 0 N–H and O–H groups in total. The van der Waals surface area contributed by atoms with E-state index in [-0.39, 0.29) is 31.9 Å². The van der Waals surface area contributed by atoms with Gasteiger partial charge >= 0.3 is 6.18 Å². The van der Waals surface area contributed by atoms with E-state index < -0.39 is 18.2 Å². The predicted octanol–water partition coefficient (Wildman–Crippen LogP) is 5.79. The molecule has 22 heavy (non-hydrogen) atoms. The van der Waals surface area contributed by atoms with Gasteiger partial charge < -0.3 is 0 Å². The Kier molecular flexibility index (Phi) is 4.86. The van der Waals surface area contributed by atoms with Crippen LogP contribution in [0.3, 0.4) is 0 Å². The molecule has 0 aliphatic rings. The summed E-state index contributed by atoms with van der Waals surface area (Å²) < 4.78 is 39.3. The molecule has 114 valence electrons. The number of hydrogen-bond donors (Lipinski definition) is 0. The third kappa shape index (κ3) is 3.14. The first-order valence-corrected chi connectivity index (χ1v) is 6.96. The molecule has 2 rings (SSSR count). The van der Waals surface area contributed by atoms with Gasteiger partial charge in [0.15, 0.2) is 0 Å². The minimum atomic E-state index is -4.60. The van der Waals surface area contributed by atoms with Gasteiger partial charge in [-0.1, -0.05) is 34.8 Å². The SMILES string of the molecule is N#CCc1c(C(F)(F)F)ccnc1-c1ccc(Cl)c(Cl)c1Cl. The number of nitriles is 1. The van der Waals surface area contributed by atoms with Crippen LogP contribution in [0.15, 0.2) is 24.4 Å². The molecule has 0 radical (unpaired) electrons. The largest absolute Gasteiger partial charge is 0.416 e. The van der Waals surface area contributed by atoms with Crippen LogP contribution in [0.4, 0.5) is 13.2 Å². The summed E-state index contributed by atoms with van der Waals surface area (Å²) in [6.07, 6.45) is -4.06. The Morgan fingerprint density at radius 1 is 1.09 bits per heavy atom. The maximum absolute atomic E-state index is 13.1. The van der Waals surface area contributed by atoms with Crippen LogP contribution in [-0.2, 0) is 12.6 Å². The highest BCUT2D eigenvalue weighted by molar-refractivity contribution is 6.49. The average molecular weight is 366 g/mol. The van der Waals surface area contributed by atoms with Crippen LogP contribution in [-0.4, -0.2) is 4.98 Å². The molecule has 8 heteroatoms. The van der Waals surface area contributed by atoms with Gasteiger partial charge in [-0.2, -0.15) is 18.4 Å². The first kappa shape index (κ1) is 16.9. The van der Waals surface area contributed by atoms with Crippen LogP contribution in [0, 0.1) is 11.3 Å². The highest BCUT2D eigenvalue weighted by Gasteiger charge is 2.35. The fourth-order valence-corrected chi connectivity index (χ4v) is 2.58. The molecule has 2 aromatic rings. The van der Waals surface area contributed by atoms with Crippen LogP contribution < -0.4 is 0 Å². The summed E-state index contributed by atoms with van der Waals surface area (Å²) in [6.45, 7) is 0. The molecule has 0 aliphatic heterocycles. The lowest BCUT2D eigenvalue weighted by Gasteiger charge is -2.15. The number of halogens is 6. The van der Waals surface area contributed by atoms with E-state index in [0.717, 1.165) is 12.3 Å². The van der Waals surface area contributed by atoms with Crippen molar-refractivity contribution in [1.29, 1.82) is 5.26 Å². The molecular weight excluding hydrogens is 360 g/mol. The van der Waals surface area contributed by atoms with E-state index in [0.29, 0.717) is 0 Å². The Morgan fingerprint density at radius 3 is 2.36 bits per heavy atom. The molecule has 2 nitrogen and oxygen atoms in total. The molecule has 0 saturated heterocycles. The molecule has 0 aliphatic carbocycles. The molecule has 0 spiro atoms. The summed E-state index contributed by atoms with van der Waals surface area (Å²) in [6, 6.07) is 5.35. The first-order chi connectivity index (χ1) is 10.3. The van der Waals surface area contributed by atoms with E-state index in [1.807, 2.05) is 0 Å². The van der Waals surface area contributed by atoms with E-state index >= 15 is 0 Å². The lowest BCUT2D eigenvalue weighted by molar-refractivity contribution is -0.138. The average Bonchev–Trinajstić information content (AvgIpc) is 2.45. The van der Waals surface area contributed by atoms with Gasteiger partial charge in [-0.15, -0.1) is 0 Å². The first-order valence-electron chi connectivity index (χ1n) is 5.83. The van der Waals surface area contributed by atoms with Crippen molar-refractivity contribution in [3.63, 3.8) is 0 Å². The van der Waals surface area contributed by atoms with E-state index in [1.54, 1.807) is 6.07 Å². The monoisotopic (exact) mass is 364 g/mol. The maximum Gasteiger partial charge on any atom is 0.416 e. The Labute approximate surface area is 139 Å². The normalized spacial score (nSPS) is 11.3. The molecule has 1 aromatic heterocycles. The second-order valence-electron chi connectivity index (χ2n) is 4.24. The van der Waals surface area contributed by atoms with Crippen molar-refractivity contribution in [3.05, 3.63) is 50.6 Å². The highest BCUT2D eigenvalue weighted by atomic mass is 35.5. The third-order valence-electron chi connectivity index (χ3n) is 2.91. The van der Waals surface area contributed by atoms with E-state index in [4.69, 9.17) is 40.1 Å². The molecule has 0 amide bonds. The molecule has 0 bridgehead atoms. The summed E-state index contributed by atoms with van der Waals surface area (Å²) in [5.74, 6) is 0. The van der Waals surface area contributed by atoms with E-state index in [9.17, 15) is 13.2 Å². The highest BCUT2D eigenvalue weighted by Crippen LogP contribution is 2.41. The number of aromatic nitrogens is 1. The van der Waals surface area contributed by atoms with Gasteiger partial charge in [-0.3, -0.25) is 4.98 Å². The number of rotatable bonds is 2. The van der Waals surface area contributed by atoms with Crippen molar-refractivity contribution in [2.45, 2.75) is 12.6 Å². The smallest absolute Gasteiger partial charge is 0.256 e.